The molecule has 1 fully saturated rings. The number of anilines is 1. The van der Waals surface area contributed by atoms with Gasteiger partial charge in [-0.2, -0.15) is 0 Å². The number of aromatic nitrogens is 4. The molecule has 2 heterocycles. The maximum Gasteiger partial charge on any atom is 0.245 e. The Morgan fingerprint density at radius 3 is 3.07 bits per heavy atom. The number of nitrogens with zero attached hydrogens (tertiary/aromatic N) is 5. The molecule has 15 heavy (non-hydrogen) atoms. The Hall–Kier alpha value is -1.17. The summed E-state index contributed by atoms with van der Waals surface area (Å²) < 4.78 is 1.74. The van der Waals surface area contributed by atoms with E-state index in [-0.39, 0.29) is 0 Å². The molecule has 0 aliphatic carbocycles. The van der Waals surface area contributed by atoms with Crippen molar-refractivity contribution >= 4 is 5.95 Å². The van der Waals surface area contributed by atoms with Gasteiger partial charge in [0, 0.05) is 20.1 Å². The molecule has 0 spiro atoms. The lowest BCUT2D eigenvalue weighted by molar-refractivity contribution is 0.397. The summed E-state index contributed by atoms with van der Waals surface area (Å²) in [4.78, 5) is 2.27. The third-order valence-corrected chi connectivity index (χ3v) is 2.89. The minimum atomic E-state index is 0.709. The van der Waals surface area contributed by atoms with Crippen LogP contribution in [0.2, 0.25) is 0 Å². The molecule has 6 heteroatoms. The summed E-state index contributed by atoms with van der Waals surface area (Å²) in [6.45, 7) is 3.19. The van der Waals surface area contributed by atoms with Crippen molar-refractivity contribution in [2.24, 2.45) is 13.0 Å². The molecule has 1 unspecified atom stereocenters. The molecule has 1 N–H and O–H groups in total. The quantitative estimate of drug-likeness (QED) is 0.738. The van der Waals surface area contributed by atoms with Gasteiger partial charge in [-0.1, -0.05) is 5.10 Å². The highest BCUT2D eigenvalue weighted by molar-refractivity contribution is 5.28. The van der Waals surface area contributed by atoms with E-state index in [1.165, 1.54) is 12.8 Å². The number of hydrogen-bond donors (Lipinski definition) is 1. The lowest BCUT2D eigenvalue weighted by Gasteiger charge is -2.32. The molecular weight excluding hydrogens is 192 g/mol. The summed E-state index contributed by atoms with van der Waals surface area (Å²) in [7, 11) is 3.89. The van der Waals surface area contributed by atoms with Crippen molar-refractivity contribution in [2.75, 3.05) is 31.6 Å². The Balaban J connectivity index is 2.01. The first-order chi connectivity index (χ1) is 7.31. The van der Waals surface area contributed by atoms with Crippen LogP contribution in [0.15, 0.2) is 0 Å². The van der Waals surface area contributed by atoms with Gasteiger partial charge in [0.05, 0.1) is 0 Å². The Kier molecular flexibility index (Phi) is 3.15. The smallest absolute Gasteiger partial charge is 0.245 e. The summed E-state index contributed by atoms with van der Waals surface area (Å²) in [5.74, 6) is 1.59. The molecule has 0 amide bonds. The van der Waals surface area contributed by atoms with E-state index in [2.05, 4.69) is 25.7 Å². The average molecular weight is 210 g/mol. The van der Waals surface area contributed by atoms with E-state index >= 15 is 0 Å². The van der Waals surface area contributed by atoms with Crippen molar-refractivity contribution in [1.82, 2.24) is 25.5 Å². The fourth-order valence-electron chi connectivity index (χ4n) is 2.19. The Morgan fingerprint density at radius 2 is 2.40 bits per heavy atom. The van der Waals surface area contributed by atoms with Gasteiger partial charge >= 0.3 is 0 Å². The molecule has 1 aromatic rings. The molecule has 2 rings (SSSR count). The maximum atomic E-state index is 4.04. The van der Waals surface area contributed by atoms with Crippen molar-refractivity contribution in [3.63, 3.8) is 0 Å². The van der Waals surface area contributed by atoms with Gasteiger partial charge < -0.3 is 10.2 Å². The van der Waals surface area contributed by atoms with E-state index < -0.39 is 0 Å². The zero-order valence-corrected chi connectivity index (χ0v) is 9.35. The third-order valence-electron chi connectivity index (χ3n) is 2.89. The third kappa shape index (κ3) is 2.26. The van der Waals surface area contributed by atoms with Gasteiger partial charge in [-0.05, 0) is 42.8 Å². The molecular formula is C9H18N6. The van der Waals surface area contributed by atoms with Gasteiger partial charge in [0.1, 0.15) is 0 Å². The van der Waals surface area contributed by atoms with Crippen LogP contribution in [0.5, 0.6) is 0 Å². The summed E-state index contributed by atoms with van der Waals surface area (Å²) in [5, 5.41) is 14.8. The molecule has 0 aromatic carbocycles. The predicted molar refractivity (Wildman–Crippen MR) is 57.7 cm³/mol. The van der Waals surface area contributed by atoms with Gasteiger partial charge in [0.2, 0.25) is 5.95 Å². The first-order valence-electron chi connectivity index (χ1n) is 5.43. The molecule has 1 atom stereocenters. The largest absolute Gasteiger partial charge is 0.339 e. The highest BCUT2D eigenvalue weighted by Gasteiger charge is 2.22. The molecule has 1 aliphatic rings. The second kappa shape index (κ2) is 4.57. The Labute approximate surface area is 89.6 Å². The van der Waals surface area contributed by atoms with E-state index in [9.17, 15) is 0 Å². The highest BCUT2D eigenvalue weighted by atomic mass is 15.6. The number of aryl methyl sites for hydroxylation is 1. The fourth-order valence-corrected chi connectivity index (χ4v) is 2.19. The van der Waals surface area contributed by atoms with Crippen molar-refractivity contribution < 1.29 is 0 Å². The van der Waals surface area contributed by atoms with Gasteiger partial charge in [0.25, 0.3) is 0 Å². The Bertz CT molecular complexity index is 307. The molecule has 84 valence electrons. The van der Waals surface area contributed by atoms with Crippen molar-refractivity contribution in [1.29, 1.82) is 0 Å². The van der Waals surface area contributed by atoms with Gasteiger partial charge in [0.15, 0.2) is 0 Å². The van der Waals surface area contributed by atoms with E-state index in [1.807, 2.05) is 14.1 Å². The summed E-state index contributed by atoms with van der Waals surface area (Å²) >= 11 is 0. The lowest BCUT2D eigenvalue weighted by Crippen LogP contribution is -2.40. The second-order valence-electron chi connectivity index (χ2n) is 4.11. The topological polar surface area (TPSA) is 58.9 Å². The van der Waals surface area contributed by atoms with Crippen LogP contribution in [0, 0.1) is 5.92 Å². The van der Waals surface area contributed by atoms with Gasteiger partial charge in [-0.3, -0.25) is 0 Å². The van der Waals surface area contributed by atoms with E-state index in [0.29, 0.717) is 5.92 Å². The van der Waals surface area contributed by atoms with Crippen LogP contribution >= 0.6 is 0 Å². The average Bonchev–Trinajstić information content (AvgIpc) is 2.65. The normalized spacial score (nSPS) is 22.0. The number of hydrogen-bond acceptors (Lipinski definition) is 5. The summed E-state index contributed by atoms with van der Waals surface area (Å²) in [5.41, 5.74) is 0. The standard InChI is InChI=1S/C9H18N6/c1-10-6-8-4-3-5-15(7-8)9-11-12-13-14(9)2/h8,10H,3-7H2,1-2H3. The Morgan fingerprint density at radius 1 is 1.53 bits per heavy atom. The first-order valence-corrected chi connectivity index (χ1v) is 5.43. The second-order valence-corrected chi connectivity index (χ2v) is 4.11. The fraction of sp³-hybridized carbons (Fsp3) is 0.889. The molecule has 1 aromatic heterocycles. The highest BCUT2D eigenvalue weighted by Crippen LogP contribution is 2.19. The van der Waals surface area contributed by atoms with Crippen LogP contribution in [-0.4, -0.2) is 46.9 Å². The number of piperidine rings is 1. The van der Waals surface area contributed by atoms with Crippen LogP contribution < -0.4 is 10.2 Å². The minimum absolute atomic E-state index is 0.709. The zero-order chi connectivity index (χ0) is 10.7. The van der Waals surface area contributed by atoms with E-state index in [1.54, 1.807) is 4.68 Å². The molecule has 0 saturated carbocycles. The zero-order valence-electron chi connectivity index (χ0n) is 9.35. The van der Waals surface area contributed by atoms with Crippen LogP contribution in [0.3, 0.4) is 0 Å². The SMILES string of the molecule is CNCC1CCCN(c2nnnn2C)C1. The van der Waals surface area contributed by atoms with Gasteiger partial charge in [-0.15, -0.1) is 0 Å². The van der Waals surface area contributed by atoms with E-state index in [0.717, 1.165) is 25.6 Å². The van der Waals surface area contributed by atoms with Gasteiger partial charge in [-0.25, -0.2) is 4.68 Å². The van der Waals surface area contributed by atoms with Crippen LogP contribution in [0.1, 0.15) is 12.8 Å². The number of tetrazole rings is 1. The van der Waals surface area contributed by atoms with Crippen LogP contribution in [0.4, 0.5) is 5.95 Å². The molecule has 0 radical (unpaired) electrons. The molecule has 1 aliphatic heterocycles. The monoisotopic (exact) mass is 210 g/mol. The van der Waals surface area contributed by atoms with Crippen LogP contribution in [0.25, 0.3) is 0 Å². The number of nitrogens with one attached hydrogen (secondary N) is 1. The summed E-state index contributed by atoms with van der Waals surface area (Å²) in [6, 6.07) is 0. The van der Waals surface area contributed by atoms with Crippen molar-refractivity contribution in [3.05, 3.63) is 0 Å². The number of rotatable bonds is 3. The van der Waals surface area contributed by atoms with E-state index in [4.69, 9.17) is 0 Å². The minimum Gasteiger partial charge on any atom is -0.339 e. The van der Waals surface area contributed by atoms with Crippen LogP contribution in [-0.2, 0) is 7.05 Å². The molecule has 1 saturated heterocycles. The first kappa shape index (κ1) is 10.4. The van der Waals surface area contributed by atoms with Crippen molar-refractivity contribution in [2.45, 2.75) is 12.8 Å². The lowest BCUT2D eigenvalue weighted by atomic mass is 9.98. The molecule has 0 bridgehead atoms. The maximum absolute atomic E-state index is 4.04. The molecule has 6 nitrogen and oxygen atoms in total. The predicted octanol–water partition coefficient (Wildman–Crippen LogP) is -0.354. The van der Waals surface area contributed by atoms with Crippen molar-refractivity contribution in [3.8, 4) is 0 Å². The summed E-state index contributed by atoms with van der Waals surface area (Å²) in [6.07, 6.45) is 2.52.